The second kappa shape index (κ2) is 11.6. The van der Waals surface area contributed by atoms with Gasteiger partial charge in [0.25, 0.3) is 0 Å². The predicted molar refractivity (Wildman–Crippen MR) is 145 cm³/mol. The first kappa shape index (κ1) is 25.0. The Morgan fingerprint density at radius 3 is 1.78 bits per heavy atom. The third kappa shape index (κ3) is 5.70. The maximum absolute atomic E-state index is 15.1. The van der Waals surface area contributed by atoms with Gasteiger partial charge in [-0.2, -0.15) is 0 Å². The van der Waals surface area contributed by atoms with Crippen LogP contribution in [0.1, 0.15) is 16.7 Å². The third-order valence-corrected chi connectivity index (χ3v) is 6.52. The number of hydrogen-bond donors (Lipinski definition) is 0. The van der Waals surface area contributed by atoms with E-state index < -0.39 is 11.8 Å². The third-order valence-electron chi connectivity index (χ3n) is 6.11. The summed E-state index contributed by atoms with van der Waals surface area (Å²) in [6.07, 6.45) is 2.02. The lowest BCUT2D eigenvalue weighted by Gasteiger charge is -2.36. The highest BCUT2D eigenvalue weighted by Crippen LogP contribution is 2.40. The van der Waals surface area contributed by atoms with Crippen LogP contribution in [0.25, 0.3) is 0 Å². The minimum Gasteiger partial charge on any atom is -0.393 e. The molecule has 0 radical (unpaired) electrons. The van der Waals surface area contributed by atoms with Gasteiger partial charge in [0, 0.05) is 12.4 Å². The van der Waals surface area contributed by atoms with E-state index in [2.05, 4.69) is 31.1 Å². The average Bonchev–Trinajstić information content (AvgIpc) is 2.93. The van der Waals surface area contributed by atoms with Crippen LogP contribution in [0.4, 0.5) is 10.3 Å². The Labute approximate surface area is 223 Å². The van der Waals surface area contributed by atoms with Gasteiger partial charge in [-0.25, -0.2) is 14.4 Å². The highest BCUT2D eigenvalue weighted by Gasteiger charge is 2.38. The maximum Gasteiger partial charge on any atom is 0.226 e. The molecule has 0 bridgehead atoms. The Morgan fingerprint density at radius 2 is 1.30 bits per heavy atom. The zero-order chi connectivity index (χ0) is 25.5. The van der Waals surface area contributed by atoms with Crippen molar-refractivity contribution in [2.75, 3.05) is 31.2 Å². The van der Waals surface area contributed by atoms with Gasteiger partial charge in [-0.3, -0.25) is 0 Å². The number of hydrogen-bond acceptors (Lipinski definition) is 6. The normalized spacial score (nSPS) is 14.1. The Bertz CT molecular complexity index is 1200. The minimum absolute atomic E-state index is 0.164. The van der Waals surface area contributed by atoms with Crippen molar-refractivity contribution in [2.24, 2.45) is 5.16 Å². The monoisotopic (exact) mass is 560 g/mol. The van der Waals surface area contributed by atoms with Gasteiger partial charge in [-0.15, -0.1) is 0 Å². The number of anilines is 1. The van der Waals surface area contributed by atoms with Gasteiger partial charge in [0.2, 0.25) is 5.95 Å². The van der Waals surface area contributed by atoms with Crippen LogP contribution < -0.4 is 4.90 Å². The van der Waals surface area contributed by atoms with E-state index in [-0.39, 0.29) is 13.2 Å². The van der Waals surface area contributed by atoms with Crippen LogP contribution in [0.3, 0.4) is 0 Å². The quantitative estimate of drug-likeness (QED) is 0.182. The van der Waals surface area contributed by atoms with Crippen LogP contribution in [-0.4, -0.2) is 48.2 Å². The molecule has 3 aromatic carbocycles. The molecule has 1 fully saturated rings. The predicted octanol–water partition coefficient (Wildman–Crippen LogP) is 5.78. The molecule has 0 saturated carbocycles. The summed E-state index contributed by atoms with van der Waals surface area (Å²) in [5, 5.41) is 4.10. The molecule has 4 aromatic rings. The average molecular weight is 561 g/mol. The van der Waals surface area contributed by atoms with Crippen molar-refractivity contribution < 1.29 is 14.0 Å². The van der Waals surface area contributed by atoms with E-state index >= 15 is 4.39 Å². The summed E-state index contributed by atoms with van der Waals surface area (Å²) in [6, 6.07) is 29.7. The van der Waals surface area contributed by atoms with E-state index in [1.165, 1.54) is 0 Å². The van der Waals surface area contributed by atoms with E-state index in [0.29, 0.717) is 19.0 Å². The second-order valence-electron chi connectivity index (χ2n) is 8.70. The summed E-state index contributed by atoms with van der Waals surface area (Å²) in [7, 11) is 0. The first-order valence-electron chi connectivity index (χ1n) is 12.0. The number of halogens is 2. The van der Waals surface area contributed by atoms with Crippen LogP contribution in [-0.2, 0) is 15.2 Å². The fourth-order valence-electron chi connectivity index (χ4n) is 4.30. The number of benzene rings is 3. The van der Waals surface area contributed by atoms with E-state index in [9.17, 15) is 0 Å². The summed E-state index contributed by atoms with van der Waals surface area (Å²) in [5.74, 6) is 0.623. The van der Waals surface area contributed by atoms with E-state index in [1.54, 1.807) is 12.4 Å². The summed E-state index contributed by atoms with van der Waals surface area (Å²) in [4.78, 5) is 15.8. The molecule has 1 aliphatic rings. The van der Waals surface area contributed by atoms with Crippen LogP contribution >= 0.6 is 15.9 Å². The van der Waals surface area contributed by atoms with Crippen molar-refractivity contribution in [3.63, 3.8) is 0 Å². The number of oxime groups is 1. The molecule has 2 heterocycles. The molecule has 5 rings (SSSR count). The number of nitrogens with zero attached hydrogens (tertiary/aromatic N) is 4. The lowest BCUT2D eigenvalue weighted by molar-refractivity contribution is -0.0372. The van der Waals surface area contributed by atoms with E-state index in [1.807, 2.05) is 95.9 Å². The highest BCUT2D eigenvalue weighted by atomic mass is 79.9. The highest BCUT2D eigenvalue weighted by molar-refractivity contribution is 9.10. The molecule has 0 N–H and O–H groups in total. The molecule has 0 amide bonds. The lowest BCUT2D eigenvalue weighted by Crippen LogP contribution is -2.48. The molecular weight excluding hydrogens is 535 g/mol. The van der Waals surface area contributed by atoms with Crippen molar-refractivity contribution in [3.8, 4) is 0 Å². The lowest BCUT2D eigenvalue weighted by atomic mass is 9.80. The standard InChI is InChI=1S/C29H26BrFN4O2/c30-25-16-32-28(33-17-25)35-18-27(19-35)34-37-21-26(31)20-36-29(22-10-4-1-5-11-22,23-12-6-2-7-13-23)24-14-8-3-9-15-24/h1-17,26H,18-21H2. The second-order valence-corrected chi connectivity index (χ2v) is 9.61. The zero-order valence-corrected chi connectivity index (χ0v) is 21.7. The largest absolute Gasteiger partial charge is 0.393 e. The first-order valence-corrected chi connectivity index (χ1v) is 12.8. The van der Waals surface area contributed by atoms with E-state index in [0.717, 1.165) is 26.9 Å². The van der Waals surface area contributed by atoms with Crippen molar-refractivity contribution in [1.29, 1.82) is 0 Å². The van der Waals surface area contributed by atoms with Crippen molar-refractivity contribution in [3.05, 3.63) is 125 Å². The smallest absolute Gasteiger partial charge is 0.226 e. The molecule has 8 heteroatoms. The molecule has 1 aliphatic heterocycles. The minimum atomic E-state index is -1.37. The fraction of sp³-hybridized carbons (Fsp3) is 0.207. The van der Waals surface area contributed by atoms with Crippen molar-refractivity contribution >= 4 is 27.6 Å². The number of ether oxygens (including phenoxy) is 1. The SMILES string of the molecule is FC(CON=C1CN(c2ncc(Br)cn2)C1)COC(c1ccccc1)(c1ccccc1)c1ccccc1. The van der Waals surface area contributed by atoms with Crippen LogP contribution in [0.5, 0.6) is 0 Å². The Balaban J connectivity index is 1.26. The van der Waals surface area contributed by atoms with Gasteiger partial charge < -0.3 is 14.5 Å². The van der Waals surface area contributed by atoms with Gasteiger partial charge in [-0.05, 0) is 32.6 Å². The molecule has 0 spiro atoms. The summed E-state index contributed by atoms with van der Waals surface area (Å²) in [6.45, 7) is 0.734. The molecule has 1 atom stereocenters. The van der Waals surface area contributed by atoms with Crippen molar-refractivity contribution in [2.45, 2.75) is 11.8 Å². The molecule has 0 aliphatic carbocycles. The summed E-state index contributed by atoms with van der Waals surface area (Å²) in [5.41, 5.74) is 2.60. The number of aromatic nitrogens is 2. The molecular formula is C29H26BrFN4O2. The number of rotatable bonds is 10. The zero-order valence-electron chi connectivity index (χ0n) is 20.1. The van der Waals surface area contributed by atoms with Gasteiger partial charge in [0.05, 0.1) is 29.9 Å². The van der Waals surface area contributed by atoms with Crippen LogP contribution in [0.15, 0.2) is 113 Å². The number of alkyl halides is 1. The van der Waals surface area contributed by atoms with Gasteiger partial charge >= 0.3 is 0 Å². The fourth-order valence-corrected chi connectivity index (χ4v) is 4.51. The Morgan fingerprint density at radius 1 is 0.811 bits per heavy atom. The Kier molecular flexibility index (Phi) is 7.87. The van der Waals surface area contributed by atoms with E-state index in [4.69, 9.17) is 9.57 Å². The Hall–Kier alpha value is -3.62. The summed E-state index contributed by atoms with van der Waals surface area (Å²) >= 11 is 3.33. The summed E-state index contributed by atoms with van der Waals surface area (Å²) < 4.78 is 22.4. The molecule has 1 saturated heterocycles. The maximum atomic E-state index is 15.1. The first-order chi connectivity index (χ1) is 18.1. The van der Waals surface area contributed by atoms with Crippen molar-refractivity contribution in [1.82, 2.24) is 9.97 Å². The molecule has 1 aromatic heterocycles. The topological polar surface area (TPSA) is 59.8 Å². The van der Waals surface area contributed by atoms with Gasteiger partial charge in [0.1, 0.15) is 5.60 Å². The van der Waals surface area contributed by atoms with Crippen LogP contribution in [0.2, 0.25) is 0 Å². The van der Waals surface area contributed by atoms with Crippen LogP contribution in [0, 0.1) is 0 Å². The molecule has 6 nitrogen and oxygen atoms in total. The molecule has 1 unspecified atom stereocenters. The van der Waals surface area contributed by atoms with Gasteiger partial charge in [-0.1, -0.05) is 96.2 Å². The molecule has 37 heavy (non-hydrogen) atoms. The molecule has 188 valence electrons. The van der Waals surface area contributed by atoms with Gasteiger partial charge in [0.15, 0.2) is 12.8 Å².